The maximum absolute atomic E-state index is 12.9. The van der Waals surface area contributed by atoms with Gasteiger partial charge in [0.2, 0.25) is 0 Å². The topological polar surface area (TPSA) is 124 Å². The fourth-order valence-corrected chi connectivity index (χ4v) is 4.12. The Labute approximate surface area is 230 Å². The summed E-state index contributed by atoms with van der Waals surface area (Å²) in [7, 11) is 0. The number of amides is 2. The first-order chi connectivity index (χ1) is 19.2. The van der Waals surface area contributed by atoms with Gasteiger partial charge in [0, 0.05) is 11.1 Å². The van der Waals surface area contributed by atoms with Crippen LogP contribution in [0, 0.1) is 0 Å². The van der Waals surface area contributed by atoms with Crippen molar-refractivity contribution < 1.29 is 38.2 Å². The zero-order valence-corrected chi connectivity index (χ0v) is 22.1. The number of benzene rings is 3. The molecule has 0 aromatic heterocycles. The summed E-state index contributed by atoms with van der Waals surface area (Å²) in [4.78, 5) is 75.8. The Morgan fingerprint density at radius 3 is 1.62 bits per heavy atom. The van der Waals surface area contributed by atoms with Gasteiger partial charge in [-0.15, -0.1) is 0 Å². The molecule has 3 aromatic rings. The van der Waals surface area contributed by atoms with Crippen LogP contribution in [0.5, 0.6) is 0 Å². The lowest BCUT2D eigenvalue weighted by Gasteiger charge is -2.12. The lowest BCUT2D eigenvalue weighted by Crippen LogP contribution is -2.36. The zero-order chi connectivity index (χ0) is 28.8. The number of fused-ring (bicyclic) bond motifs is 1. The molecule has 4 rings (SSSR count). The number of ether oxygens (including phenoxy) is 2. The van der Waals surface area contributed by atoms with Crippen LogP contribution < -0.4 is 0 Å². The molecule has 0 saturated carbocycles. The number of carbonyl (C=O) groups is 6. The van der Waals surface area contributed by atoms with E-state index in [0.29, 0.717) is 16.0 Å². The lowest BCUT2D eigenvalue weighted by molar-refractivity contribution is -0.142. The van der Waals surface area contributed by atoms with Gasteiger partial charge in [-0.2, -0.15) is 0 Å². The second-order valence-corrected chi connectivity index (χ2v) is 9.14. The molecule has 0 radical (unpaired) electrons. The average Bonchev–Trinajstić information content (AvgIpc) is 3.22. The molecule has 1 aliphatic heterocycles. The first kappa shape index (κ1) is 28.1. The van der Waals surface area contributed by atoms with E-state index in [9.17, 15) is 28.8 Å². The highest BCUT2D eigenvalue weighted by Crippen LogP contribution is 2.24. The molecule has 3 aromatic carbocycles. The number of ketones is 2. The fourth-order valence-electron chi connectivity index (χ4n) is 4.12. The Hall–Kier alpha value is -4.92. The van der Waals surface area contributed by atoms with E-state index in [1.54, 1.807) is 36.4 Å². The van der Waals surface area contributed by atoms with Gasteiger partial charge in [-0.3, -0.25) is 28.9 Å². The van der Waals surface area contributed by atoms with E-state index >= 15 is 0 Å². The van der Waals surface area contributed by atoms with Crippen LogP contribution in [0.4, 0.5) is 0 Å². The van der Waals surface area contributed by atoms with Gasteiger partial charge >= 0.3 is 11.9 Å². The number of rotatable bonds is 11. The highest BCUT2D eigenvalue weighted by molar-refractivity contribution is 6.22. The van der Waals surface area contributed by atoms with E-state index < -0.39 is 49.3 Å². The third-order valence-corrected chi connectivity index (χ3v) is 6.56. The van der Waals surface area contributed by atoms with Crippen molar-refractivity contribution in [3.05, 3.63) is 106 Å². The van der Waals surface area contributed by atoms with Crippen LogP contribution in [0.25, 0.3) is 0 Å². The van der Waals surface area contributed by atoms with E-state index in [0.717, 1.165) is 24.0 Å². The number of imide groups is 1. The molecule has 1 aliphatic rings. The Kier molecular flexibility index (Phi) is 8.63. The Balaban J connectivity index is 1.33. The first-order valence-electron chi connectivity index (χ1n) is 12.8. The van der Waals surface area contributed by atoms with E-state index in [2.05, 4.69) is 0 Å². The Morgan fingerprint density at radius 1 is 0.625 bits per heavy atom. The zero-order valence-electron chi connectivity index (χ0n) is 22.1. The molecule has 2 amide bonds. The molecule has 0 unspecified atom stereocenters. The molecule has 0 N–H and O–H groups in total. The summed E-state index contributed by atoms with van der Waals surface area (Å²) in [5, 5.41) is 0. The minimum Gasteiger partial charge on any atom is -0.456 e. The van der Waals surface area contributed by atoms with Gasteiger partial charge in [-0.05, 0) is 42.2 Å². The van der Waals surface area contributed by atoms with Gasteiger partial charge < -0.3 is 9.47 Å². The Bertz CT molecular complexity index is 1490. The quantitative estimate of drug-likeness (QED) is 0.204. The highest BCUT2D eigenvalue weighted by atomic mass is 16.5. The molecule has 0 aliphatic carbocycles. The summed E-state index contributed by atoms with van der Waals surface area (Å²) in [6.45, 7) is 2.26. The van der Waals surface area contributed by atoms with Crippen LogP contribution in [-0.4, -0.2) is 60.0 Å². The standard InChI is InChI=1S/C31H27NO8/c1-3-19-5-9-21(10-6-19)26(33)17-39-28(35)16-32-29(36)24-14-13-23(15-25(24)30(32)37)31(38)40-18-27(34)22-11-7-20(4-2)8-12-22/h5-15H,3-4,16-18H2,1-2H3. The summed E-state index contributed by atoms with van der Waals surface area (Å²) in [5.41, 5.74) is 2.80. The maximum atomic E-state index is 12.9. The van der Waals surface area contributed by atoms with Crippen molar-refractivity contribution >= 4 is 35.3 Å². The molecule has 0 saturated heterocycles. The molecule has 204 valence electrons. The van der Waals surface area contributed by atoms with Crippen LogP contribution >= 0.6 is 0 Å². The molecule has 0 atom stereocenters. The third-order valence-electron chi connectivity index (χ3n) is 6.56. The largest absolute Gasteiger partial charge is 0.456 e. The van der Waals surface area contributed by atoms with Gasteiger partial charge in [-0.1, -0.05) is 62.4 Å². The van der Waals surface area contributed by atoms with Crippen molar-refractivity contribution in [3.8, 4) is 0 Å². The molecule has 0 bridgehead atoms. The maximum Gasteiger partial charge on any atom is 0.338 e. The summed E-state index contributed by atoms with van der Waals surface area (Å²) in [5.74, 6) is -4.10. The van der Waals surface area contributed by atoms with Crippen molar-refractivity contribution in [1.82, 2.24) is 4.90 Å². The van der Waals surface area contributed by atoms with Crippen LogP contribution in [0.1, 0.15) is 76.8 Å². The van der Waals surface area contributed by atoms with Crippen LogP contribution in [0.15, 0.2) is 66.7 Å². The van der Waals surface area contributed by atoms with Crippen molar-refractivity contribution in [2.45, 2.75) is 26.7 Å². The minimum atomic E-state index is -0.932. The molecular formula is C31H27NO8. The molecule has 9 heteroatoms. The molecule has 9 nitrogen and oxygen atoms in total. The van der Waals surface area contributed by atoms with Crippen molar-refractivity contribution in [2.75, 3.05) is 19.8 Å². The predicted molar refractivity (Wildman–Crippen MR) is 143 cm³/mol. The van der Waals surface area contributed by atoms with Gasteiger partial charge in [-0.25, -0.2) is 4.79 Å². The second-order valence-electron chi connectivity index (χ2n) is 9.14. The van der Waals surface area contributed by atoms with Gasteiger partial charge in [0.1, 0.15) is 6.54 Å². The number of esters is 2. The first-order valence-corrected chi connectivity index (χ1v) is 12.8. The summed E-state index contributed by atoms with van der Waals surface area (Å²) >= 11 is 0. The van der Waals surface area contributed by atoms with Crippen LogP contribution in [0.2, 0.25) is 0 Å². The lowest BCUT2D eigenvalue weighted by atomic mass is 10.1. The average molecular weight is 542 g/mol. The predicted octanol–water partition coefficient (Wildman–Crippen LogP) is 3.87. The summed E-state index contributed by atoms with van der Waals surface area (Å²) < 4.78 is 10.1. The number of nitrogens with zero attached hydrogens (tertiary/aromatic N) is 1. The Morgan fingerprint density at radius 2 is 1.10 bits per heavy atom. The van der Waals surface area contributed by atoms with E-state index in [1.807, 2.05) is 26.0 Å². The summed E-state index contributed by atoms with van der Waals surface area (Å²) in [6.07, 6.45) is 1.65. The highest BCUT2D eigenvalue weighted by Gasteiger charge is 2.37. The SMILES string of the molecule is CCc1ccc(C(=O)COC(=O)CN2C(=O)c3ccc(C(=O)OCC(=O)c4ccc(CC)cc4)cc3C2=O)cc1. The third kappa shape index (κ3) is 6.20. The molecule has 1 heterocycles. The molecule has 0 spiro atoms. The molecule has 40 heavy (non-hydrogen) atoms. The van der Waals surface area contributed by atoms with E-state index in [-0.39, 0.29) is 22.5 Å². The van der Waals surface area contributed by atoms with Crippen LogP contribution in [0.3, 0.4) is 0 Å². The minimum absolute atomic E-state index is 0.00790. The van der Waals surface area contributed by atoms with E-state index in [4.69, 9.17) is 9.47 Å². The number of hydrogen-bond acceptors (Lipinski definition) is 8. The second kappa shape index (κ2) is 12.3. The van der Waals surface area contributed by atoms with Crippen molar-refractivity contribution in [1.29, 1.82) is 0 Å². The van der Waals surface area contributed by atoms with Crippen molar-refractivity contribution in [3.63, 3.8) is 0 Å². The summed E-state index contributed by atoms with van der Waals surface area (Å²) in [6, 6.07) is 17.6. The van der Waals surface area contributed by atoms with E-state index in [1.165, 1.54) is 18.2 Å². The fraction of sp³-hybridized carbons (Fsp3) is 0.226. The number of aryl methyl sites for hydroxylation is 2. The van der Waals surface area contributed by atoms with Gasteiger partial charge in [0.25, 0.3) is 11.8 Å². The normalized spacial score (nSPS) is 12.2. The van der Waals surface area contributed by atoms with Gasteiger partial charge in [0.15, 0.2) is 24.8 Å². The number of carbonyl (C=O) groups excluding carboxylic acids is 6. The monoisotopic (exact) mass is 541 g/mol. The number of Topliss-reactive ketones (excluding diaryl/α,β-unsaturated/α-hetero) is 2. The molecule has 0 fully saturated rings. The number of hydrogen-bond donors (Lipinski definition) is 0. The van der Waals surface area contributed by atoms with Crippen molar-refractivity contribution in [2.24, 2.45) is 0 Å². The van der Waals surface area contributed by atoms with Crippen LogP contribution in [-0.2, 0) is 27.1 Å². The van der Waals surface area contributed by atoms with Gasteiger partial charge in [0.05, 0.1) is 16.7 Å². The molecular weight excluding hydrogens is 514 g/mol. The smallest absolute Gasteiger partial charge is 0.338 e.